The number of carbonyl (C=O) groups is 1. The van der Waals surface area contributed by atoms with Gasteiger partial charge in [0, 0.05) is 18.7 Å². The molecule has 7 heteroatoms. The molecule has 0 atom stereocenters. The van der Waals surface area contributed by atoms with Crippen LogP contribution < -0.4 is 15.8 Å². The van der Waals surface area contributed by atoms with Crippen molar-refractivity contribution in [3.8, 4) is 0 Å². The van der Waals surface area contributed by atoms with E-state index in [9.17, 15) is 13.2 Å². The highest BCUT2D eigenvalue weighted by molar-refractivity contribution is 7.89. The van der Waals surface area contributed by atoms with E-state index in [1.54, 1.807) is 18.2 Å². The largest absolute Gasteiger partial charge is 0.366 e. The van der Waals surface area contributed by atoms with Gasteiger partial charge in [-0.25, -0.2) is 13.1 Å². The van der Waals surface area contributed by atoms with Crippen LogP contribution in [-0.4, -0.2) is 33.7 Å². The van der Waals surface area contributed by atoms with E-state index in [0.29, 0.717) is 18.7 Å². The number of hydrogen-bond acceptors (Lipinski definition) is 4. The van der Waals surface area contributed by atoms with Crippen molar-refractivity contribution in [1.29, 1.82) is 0 Å². The lowest BCUT2D eigenvalue weighted by molar-refractivity contribution is 0.1000. The zero-order valence-corrected chi connectivity index (χ0v) is 11.0. The Kier molecular flexibility index (Phi) is 5.26. The number of primary amides is 1. The van der Waals surface area contributed by atoms with E-state index in [-0.39, 0.29) is 5.75 Å². The number of rotatable bonds is 7. The average Bonchev–Trinajstić information content (AvgIpc) is 2.35. The van der Waals surface area contributed by atoms with Crippen LogP contribution >= 0.6 is 0 Å². The van der Waals surface area contributed by atoms with Crippen molar-refractivity contribution < 1.29 is 13.2 Å². The first kappa shape index (κ1) is 14.6. The molecule has 100 valence electrons. The summed E-state index contributed by atoms with van der Waals surface area (Å²) in [6, 6.07) is 6.90. The molecular formula is C11H17N3O3S. The zero-order valence-electron chi connectivity index (χ0n) is 10.1. The van der Waals surface area contributed by atoms with Crippen LogP contribution in [0.15, 0.2) is 24.3 Å². The lowest BCUT2D eigenvalue weighted by atomic mass is 10.1. The van der Waals surface area contributed by atoms with Crippen molar-refractivity contribution in [2.24, 2.45) is 5.73 Å². The Morgan fingerprint density at radius 1 is 1.39 bits per heavy atom. The minimum atomic E-state index is -3.18. The molecule has 6 nitrogen and oxygen atoms in total. The summed E-state index contributed by atoms with van der Waals surface area (Å²) in [6.07, 6.45) is 0. The monoisotopic (exact) mass is 271 g/mol. The summed E-state index contributed by atoms with van der Waals surface area (Å²) in [4.78, 5) is 11.0. The fourth-order valence-electron chi connectivity index (χ4n) is 1.38. The van der Waals surface area contributed by atoms with Gasteiger partial charge < -0.3 is 11.1 Å². The summed E-state index contributed by atoms with van der Waals surface area (Å²) < 4.78 is 24.5. The fourth-order valence-corrected chi connectivity index (χ4v) is 1.99. The molecule has 0 fully saturated rings. The third-order valence-electron chi connectivity index (χ3n) is 2.40. The van der Waals surface area contributed by atoms with Crippen LogP contribution in [0.1, 0.15) is 15.9 Å². The fraction of sp³-hybridized carbons (Fsp3) is 0.364. The minimum absolute atomic E-state index is 0.0129. The molecule has 0 bridgehead atoms. The molecule has 0 spiro atoms. The number of hydrogen-bond donors (Lipinski definition) is 3. The van der Waals surface area contributed by atoms with E-state index in [0.717, 1.165) is 5.56 Å². The Morgan fingerprint density at radius 3 is 2.72 bits per heavy atom. The van der Waals surface area contributed by atoms with Crippen molar-refractivity contribution in [1.82, 2.24) is 10.0 Å². The second-order valence-electron chi connectivity index (χ2n) is 3.76. The van der Waals surface area contributed by atoms with Gasteiger partial charge in [-0.05, 0) is 24.7 Å². The quantitative estimate of drug-likeness (QED) is 0.578. The molecule has 0 radical (unpaired) electrons. The lowest BCUT2D eigenvalue weighted by Gasteiger charge is -2.06. The van der Waals surface area contributed by atoms with Crippen LogP contribution in [0.3, 0.4) is 0 Å². The maximum absolute atomic E-state index is 11.1. The van der Waals surface area contributed by atoms with Gasteiger partial charge in [0.05, 0.1) is 5.75 Å². The molecule has 0 heterocycles. The predicted molar refractivity (Wildman–Crippen MR) is 69.5 cm³/mol. The van der Waals surface area contributed by atoms with Crippen molar-refractivity contribution in [3.05, 3.63) is 35.4 Å². The number of nitrogens with two attached hydrogens (primary N) is 1. The van der Waals surface area contributed by atoms with Gasteiger partial charge in [0.15, 0.2) is 0 Å². The van der Waals surface area contributed by atoms with Gasteiger partial charge in [-0.15, -0.1) is 0 Å². The van der Waals surface area contributed by atoms with Crippen molar-refractivity contribution >= 4 is 15.9 Å². The van der Waals surface area contributed by atoms with E-state index in [4.69, 9.17) is 5.73 Å². The SMILES string of the molecule is CNS(=O)(=O)CCNCc1cccc(C(N)=O)c1. The third-order valence-corrected chi connectivity index (χ3v) is 3.76. The topological polar surface area (TPSA) is 101 Å². The van der Waals surface area contributed by atoms with E-state index < -0.39 is 15.9 Å². The number of amides is 1. The Balaban J connectivity index is 2.45. The van der Waals surface area contributed by atoms with Gasteiger partial charge in [-0.3, -0.25) is 4.79 Å². The second kappa shape index (κ2) is 6.48. The van der Waals surface area contributed by atoms with E-state index in [1.165, 1.54) is 7.05 Å². The normalized spacial score (nSPS) is 11.4. The first-order valence-electron chi connectivity index (χ1n) is 5.45. The first-order valence-corrected chi connectivity index (χ1v) is 7.10. The molecule has 1 amide bonds. The zero-order chi connectivity index (χ0) is 13.6. The van der Waals surface area contributed by atoms with Crippen molar-refractivity contribution in [2.45, 2.75) is 6.54 Å². The molecule has 4 N–H and O–H groups in total. The van der Waals surface area contributed by atoms with Crippen molar-refractivity contribution in [3.63, 3.8) is 0 Å². The highest BCUT2D eigenvalue weighted by atomic mass is 32.2. The second-order valence-corrected chi connectivity index (χ2v) is 5.81. The summed E-state index contributed by atoms with van der Waals surface area (Å²) in [7, 11) is -1.80. The molecule has 0 aliphatic rings. The van der Waals surface area contributed by atoms with Gasteiger partial charge >= 0.3 is 0 Å². The van der Waals surface area contributed by atoms with Crippen LogP contribution in [0.25, 0.3) is 0 Å². The molecule has 1 rings (SSSR count). The Labute approximate surface area is 107 Å². The summed E-state index contributed by atoms with van der Waals surface area (Å²) in [5.41, 5.74) is 6.49. The van der Waals surface area contributed by atoms with Crippen LogP contribution in [-0.2, 0) is 16.6 Å². The molecular weight excluding hydrogens is 254 g/mol. The number of sulfonamides is 1. The van der Waals surface area contributed by atoms with Gasteiger partial charge in [0.2, 0.25) is 15.9 Å². The van der Waals surface area contributed by atoms with Crippen LogP contribution in [0.5, 0.6) is 0 Å². The number of nitrogens with one attached hydrogen (secondary N) is 2. The van der Waals surface area contributed by atoms with Gasteiger partial charge in [0.1, 0.15) is 0 Å². The Morgan fingerprint density at radius 2 is 2.11 bits per heavy atom. The summed E-state index contributed by atoms with van der Waals surface area (Å²) in [5, 5.41) is 2.99. The predicted octanol–water partition coefficient (Wildman–Crippen LogP) is -0.576. The van der Waals surface area contributed by atoms with Gasteiger partial charge in [-0.1, -0.05) is 12.1 Å². The molecule has 0 unspecified atom stereocenters. The molecule has 0 aliphatic heterocycles. The summed E-state index contributed by atoms with van der Waals surface area (Å²) in [6.45, 7) is 0.824. The van der Waals surface area contributed by atoms with E-state index in [1.807, 2.05) is 6.07 Å². The molecule has 18 heavy (non-hydrogen) atoms. The van der Waals surface area contributed by atoms with E-state index in [2.05, 4.69) is 10.0 Å². The molecule has 0 aliphatic carbocycles. The summed E-state index contributed by atoms with van der Waals surface area (Å²) in [5.74, 6) is -0.464. The van der Waals surface area contributed by atoms with Crippen LogP contribution in [0.2, 0.25) is 0 Å². The minimum Gasteiger partial charge on any atom is -0.366 e. The molecule has 1 aromatic carbocycles. The number of carbonyl (C=O) groups excluding carboxylic acids is 1. The van der Waals surface area contributed by atoms with E-state index >= 15 is 0 Å². The Bertz CT molecular complexity index is 514. The lowest BCUT2D eigenvalue weighted by Crippen LogP contribution is -2.29. The molecule has 1 aromatic rings. The average molecular weight is 271 g/mol. The van der Waals surface area contributed by atoms with Gasteiger partial charge in [-0.2, -0.15) is 0 Å². The first-order chi connectivity index (χ1) is 8.44. The highest BCUT2D eigenvalue weighted by Crippen LogP contribution is 2.04. The molecule has 0 saturated heterocycles. The van der Waals surface area contributed by atoms with Crippen LogP contribution in [0, 0.1) is 0 Å². The maximum Gasteiger partial charge on any atom is 0.248 e. The Hall–Kier alpha value is -1.44. The number of benzene rings is 1. The standard InChI is InChI=1S/C11H17N3O3S/c1-13-18(16,17)6-5-14-8-9-3-2-4-10(7-9)11(12)15/h2-4,7,13-14H,5-6,8H2,1H3,(H2,12,15). The molecule has 0 saturated carbocycles. The highest BCUT2D eigenvalue weighted by Gasteiger charge is 2.05. The van der Waals surface area contributed by atoms with Crippen molar-refractivity contribution in [2.75, 3.05) is 19.3 Å². The maximum atomic E-state index is 11.1. The third kappa shape index (κ3) is 4.82. The van der Waals surface area contributed by atoms with Crippen LogP contribution in [0.4, 0.5) is 0 Å². The molecule has 0 aromatic heterocycles. The smallest absolute Gasteiger partial charge is 0.248 e. The van der Waals surface area contributed by atoms with Gasteiger partial charge in [0.25, 0.3) is 0 Å². The summed E-state index contributed by atoms with van der Waals surface area (Å²) >= 11 is 0.